The molecule has 2 nitrogen and oxygen atoms in total. The van der Waals surface area contributed by atoms with Crippen molar-refractivity contribution in [3.05, 3.63) is 19.1 Å². The van der Waals surface area contributed by atoms with E-state index in [4.69, 9.17) is 0 Å². The second-order valence-electron chi connectivity index (χ2n) is 1.72. The van der Waals surface area contributed by atoms with Gasteiger partial charge in [-0.05, 0) is 19.9 Å². The molecule has 0 fully saturated rings. The molecule has 0 bridgehead atoms. The monoisotopic (exact) mass is 127 g/mol. The third-order valence-corrected chi connectivity index (χ3v) is 0.781. The van der Waals surface area contributed by atoms with Crippen molar-refractivity contribution in [3.63, 3.8) is 0 Å². The van der Waals surface area contributed by atoms with Crippen LogP contribution in [-0.2, 0) is 9.53 Å². The first-order valence-electron chi connectivity index (χ1n) is 2.82. The molecule has 0 saturated heterocycles. The molecule has 1 radical (unpaired) electrons. The number of ether oxygens (including phenoxy) is 1. The molecule has 0 heterocycles. The van der Waals surface area contributed by atoms with E-state index in [9.17, 15) is 4.79 Å². The Morgan fingerprint density at radius 3 is 2.67 bits per heavy atom. The zero-order chi connectivity index (χ0) is 7.28. The number of hydrogen-bond acceptors (Lipinski definition) is 2. The molecule has 2 heteroatoms. The van der Waals surface area contributed by atoms with Crippen LogP contribution in [0.3, 0.4) is 0 Å². The standard InChI is InChI=1S/C7H11O2/c1-4-5-6(2)9-7(3)8/h4-6H,3H2,1-2H3. The van der Waals surface area contributed by atoms with Crippen molar-refractivity contribution in [1.29, 1.82) is 0 Å². The molecule has 0 amide bonds. The van der Waals surface area contributed by atoms with E-state index in [-0.39, 0.29) is 6.10 Å². The minimum absolute atomic E-state index is 0.153. The first-order valence-corrected chi connectivity index (χ1v) is 2.82. The highest BCUT2D eigenvalue weighted by atomic mass is 16.5. The number of esters is 1. The summed E-state index contributed by atoms with van der Waals surface area (Å²) in [5.41, 5.74) is 0. The normalized spacial score (nSPS) is 13.7. The van der Waals surface area contributed by atoms with Crippen molar-refractivity contribution in [2.24, 2.45) is 0 Å². The summed E-state index contributed by atoms with van der Waals surface area (Å²) in [6.07, 6.45) is 3.46. The Balaban J connectivity index is 3.50. The van der Waals surface area contributed by atoms with Crippen LogP contribution < -0.4 is 0 Å². The number of rotatable bonds is 2. The molecule has 0 aliphatic carbocycles. The Hall–Kier alpha value is -0.790. The fourth-order valence-electron chi connectivity index (χ4n) is 0.518. The quantitative estimate of drug-likeness (QED) is 0.413. The van der Waals surface area contributed by atoms with E-state index in [0.29, 0.717) is 0 Å². The van der Waals surface area contributed by atoms with Crippen molar-refractivity contribution < 1.29 is 9.53 Å². The molecule has 0 spiro atoms. The van der Waals surface area contributed by atoms with Gasteiger partial charge >= 0.3 is 5.97 Å². The first kappa shape index (κ1) is 8.21. The van der Waals surface area contributed by atoms with Crippen LogP contribution >= 0.6 is 0 Å². The summed E-state index contributed by atoms with van der Waals surface area (Å²) >= 11 is 0. The number of carbonyl (C=O) groups excluding carboxylic acids is 1. The molecular formula is C7H11O2. The molecule has 0 aromatic carbocycles. The number of hydrogen-bond donors (Lipinski definition) is 0. The minimum atomic E-state index is -0.486. The average Bonchev–Trinajstić information content (AvgIpc) is 1.63. The molecule has 1 unspecified atom stereocenters. The zero-order valence-electron chi connectivity index (χ0n) is 5.76. The van der Waals surface area contributed by atoms with Gasteiger partial charge in [-0.1, -0.05) is 6.08 Å². The third kappa shape index (κ3) is 5.07. The fourth-order valence-corrected chi connectivity index (χ4v) is 0.518. The van der Waals surface area contributed by atoms with Crippen LogP contribution in [0.4, 0.5) is 0 Å². The SMILES string of the molecule is [CH2]C(=O)OC(C)C=CC. The van der Waals surface area contributed by atoms with Crippen LogP contribution in [0.25, 0.3) is 0 Å². The first-order chi connectivity index (χ1) is 4.16. The summed E-state index contributed by atoms with van der Waals surface area (Å²) in [5, 5.41) is 0. The predicted octanol–water partition coefficient (Wildman–Crippen LogP) is 1.33. The van der Waals surface area contributed by atoms with Crippen molar-refractivity contribution in [1.82, 2.24) is 0 Å². The van der Waals surface area contributed by atoms with Crippen molar-refractivity contribution in [2.45, 2.75) is 20.0 Å². The molecule has 0 aliphatic heterocycles. The molecule has 0 saturated carbocycles. The van der Waals surface area contributed by atoms with Gasteiger partial charge in [-0.15, -0.1) is 0 Å². The summed E-state index contributed by atoms with van der Waals surface area (Å²) in [5.74, 6) is -0.486. The highest BCUT2D eigenvalue weighted by Gasteiger charge is 1.97. The van der Waals surface area contributed by atoms with E-state index in [1.54, 1.807) is 13.0 Å². The van der Waals surface area contributed by atoms with Crippen LogP contribution in [0.5, 0.6) is 0 Å². The van der Waals surface area contributed by atoms with Gasteiger partial charge in [0.25, 0.3) is 0 Å². The largest absolute Gasteiger partial charge is 0.458 e. The molecule has 9 heavy (non-hydrogen) atoms. The van der Waals surface area contributed by atoms with E-state index in [1.165, 1.54) is 0 Å². The number of allylic oxidation sites excluding steroid dienone is 1. The van der Waals surface area contributed by atoms with Crippen molar-refractivity contribution in [3.8, 4) is 0 Å². The fraction of sp³-hybridized carbons (Fsp3) is 0.429. The Kier molecular flexibility index (Phi) is 3.76. The van der Waals surface area contributed by atoms with E-state index < -0.39 is 5.97 Å². The zero-order valence-corrected chi connectivity index (χ0v) is 5.76. The minimum Gasteiger partial charge on any atom is -0.458 e. The van der Waals surface area contributed by atoms with Crippen molar-refractivity contribution in [2.75, 3.05) is 0 Å². The lowest BCUT2D eigenvalue weighted by atomic mass is 10.4. The maximum Gasteiger partial charge on any atom is 0.306 e. The van der Waals surface area contributed by atoms with E-state index >= 15 is 0 Å². The average molecular weight is 127 g/mol. The number of carbonyl (C=O) groups is 1. The molecular weight excluding hydrogens is 116 g/mol. The summed E-state index contributed by atoms with van der Waals surface area (Å²) in [4.78, 5) is 10.2. The second kappa shape index (κ2) is 4.13. The van der Waals surface area contributed by atoms with E-state index in [2.05, 4.69) is 11.7 Å². The Labute approximate surface area is 55.5 Å². The predicted molar refractivity (Wildman–Crippen MR) is 35.7 cm³/mol. The van der Waals surface area contributed by atoms with E-state index in [1.807, 2.05) is 13.0 Å². The smallest absolute Gasteiger partial charge is 0.306 e. The topological polar surface area (TPSA) is 26.3 Å². The lowest BCUT2D eigenvalue weighted by Crippen LogP contribution is -2.08. The molecule has 51 valence electrons. The Morgan fingerprint density at radius 1 is 1.78 bits per heavy atom. The van der Waals surface area contributed by atoms with Crippen LogP contribution in [-0.4, -0.2) is 12.1 Å². The second-order valence-corrected chi connectivity index (χ2v) is 1.72. The molecule has 0 aromatic rings. The van der Waals surface area contributed by atoms with Crippen LogP contribution in [0.1, 0.15) is 13.8 Å². The van der Waals surface area contributed by atoms with Crippen molar-refractivity contribution >= 4 is 5.97 Å². The van der Waals surface area contributed by atoms with Gasteiger partial charge in [0.2, 0.25) is 0 Å². The van der Waals surface area contributed by atoms with E-state index in [0.717, 1.165) is 0 Å². The van der Waals surface area contributed by atoms with Crippen LogP contribution in [0.2, 0.25) is 0 Å². The van der Waals surface area contributed by atoms with Crippen LogP contribution in [0.15, 0.2) is 12.2 Å². The molecule has 0 aliphatic rings. The summed E-state index contributed by atoms with van der Waals surface area (Å²) in [6.45, 7) is 6.71. The lowest BCUT2D eigenvalue weighted by molar-refractivity contribution is -0.140. The van der Waals surface area contributed by atoms with Gasteiger partial charge in [-0.2, -0.15) is 0 Å². The summed E-state index contributed by atoms with van der Waals surface area (Å²) < 4.78 is 4.65. The highest BCUT2D eigenvalue weighted by Crippen LogP contribution is 1.91. The van der Waals surface area contributed by atoms with Gasteiger partial charge in [0.15, 0.2) is 0 Å². The van der Waals surface area contributed by atoms with Gasteiger partial charge in [-0.25, -0.2) is 0 Å². The molecule has 0 rings (SSSR count). The van der Waals surface area contributed by atoms with Gasteiger partial charge in [0.1, 0.15) is 6.10 Å². The summed E-state index contributed by atoms with van der Waals surface area (Å²) in [6, 6.07) is 0. The molecule has 0 aromatic heterocycles. The maximum absolute atomic E-state index is 10.2. The van der Waals surface area contributed by atoms with Crippen LogP contribution in [0, 0.1) is 6.92 Å². The van der Waals surface area contributed by atoms with Gasteiger partial charge in [0, 0.05) is 0 Å². The molecule has 0 N–H and O–H groups in total. The van der Waals surface area contributed by atoms with Gasteiger partial charge < -0.3 is 4.74 Å². The lowest BCUT2D eigenvalue weighted by Gasteiger charge is -2.04. The highest BCUT2D eigenvalue weighted by molar-refractivity contribution is 5.74. The maximum atomic E-state index is 10.2. The van der Waals surface area contributed by atoms with Gasteiger partial charge in [-0.3, -0.25) is 4.79 Å². The van der Waals surface area contributed by atoms with Gasteiger partial charge in [0.05, 0.1) is 6.92 Å². The third-order valence-electron chi connectivity index (χ3n) is 0.781. The Bertz CT molecular complexity index is 116. The molecule has 1 atom stereocenters. The summed E-state index contributed by atoms with van der Waals surface area (Å²) in [7, 11) is 0. The Morgan fingerprint density at radius 2 is 2.33 bits per heavy atom.